The third-order valence-electron chi connectivity index (χ3n) is 4.49. The maximum Gasteiger partial charge on any atom is 0.361 e. The Morgan fingerprint density at radius 1 is 1.17 bits per heavy atom. The minimum atomic E-state index is -0.582. The number of rotatable bonds is 5. The first kappa shape index (κ1) is 20.3. The highest BCUT2D eigenvalue weighted by atomic mass is 79.9. The largest absolute Gasteiger partial charge is 0.454 e. The van der Waals surface area contributed by atoms with E-state index in [1.165, 1.54) is 0 Å². The van der Waals surface area contributed by atoms with Gasteiger partial charge >= 0.3 is 5.97 Å². The van der Waals surface area contributed by atoms with Crippen LogP contribution in [-0.4, -0.2) is 25.9 Å². The van der Waals surface area contributed by atoms with Gasteiger partial charge in [-0.2, -0.15) is 0 Å². The number of nitrogens with zero attached hydrogens (tertiary/aromatic N) is 4. The van der Waals surface area contributed by atoms with Crippen LogP contribution >= 0.6 is 27.5 Å². The molecule has 2 heterocycles. The Balaban J connectivity index is 1.49. The number of esters is 1. The second-order valence-electron chi connectivity index (χ2n) is 6.49. The zero-order chi connectivity index (χ0) is 21.3. The molecule has 2 aromatic carbocycles. The lowest BCUT2D eigenvalue weighted by molar-refractivity contribution is 0.0459. The van der Waals surface area contributed by atoms with Crippen molar-refractivity contribution in [3.8, 4) is 17.1 Å². The molecule has 7 nitrogen and oxygen atoms in total. The quantitative estimate of drug-likeness (QED) is 0.355. The standard InChI is InChI=1S/C21H16BrClN4O3/c1-12-19(25-26-27(12)18-6-4-3-5-16(18)22)21(28)29-11-17-13(2)30-20(24-17)14-7-9-15(23)10-8-14/h3-10H,11H2,1-2H3. The summed E-state index contributed by atoms with van der Waals surface area (Å²) < 4.78 is 13.5. The van der Waals surface area contributed by atoms with Gasteiger partial charge in [-0.05, 0) is 66.2 Å². The molecule has 0 fully saturated rings. The normalized spacial score (nSPS) is 10.9. The first-order chi connectivity index (χ1) is 14.4. The predicted octanol–water partition coefficient (Wildman–Crippen LogP) is 5.31. The van der Waals surface area contributed by atoms with Crippen LogP contribution in [0.1, 0.15) is 27.6 Å². The van der Waals surface area contributed by atoms with Crippen molar-refractivity contribution in [1.29, 1.82) is 0 Å². The van der Waals surface area contributed by atoms with Crippen molar-refractivity contribution in [2.45, 2.75) is 20.5 Å². The monoisotopic (exact) mass is 486 g/mol. The summed E-state index contributed by atoms with van der Waals surface area (Å²) in [6.45, 7) is 3.49. The average Bonchev–Trinajstić information content (AvgIpc) is 3.30. The van der Waals surface area contributed by atoms with Crippen LogP contribution in [0.25, 0.3) is 17.1 Å². The van der Waals surface area contributed by atoms with Crippen molar-refractivity contribution >= 4 is 33.5 Å². The Hall–Kier alpha value is -2.97. The van der Waals surface area contributed by atoms with E-state index < -0.39 is 5.97 Å². The van der Waals surface area contributed by atoms with E-state index in [2.05, 4.69) is 31.2 Å². The molecule has 0 aliphatic carbocycles. The second-order valence-corrected chi connectivity index (χ2v) is 7.78. The van der Waals surface area contributed by atoms with Crippen LogP contribution in [0.2, 0.25) is 5.02 Å². The first-order valence-electron chi connectivity index (χ1n) is 9.00. The molecule has 0 saturated heterocycles. The molecule has 152 valence electrons. The van der Waals surface area contributed by atoms with Gasteiger partial charge in [-0.15, -0.1) is 5.10 Å². The molecule has 0 spiro atoms. The summed E-state index contributed by atoms with van der Waals surface area (Å²) >= 11 is 9.39. The van der Waals surface area contributed by atoms with Gasteiger partial charge in [0.2, 0.25) is 5.89 Å². The second kappa shape index (κ2) is 8.41. The lowest BCUT2D eigenvalue weighted by atomic mass is 10.2. The number of para-hydroxylation sites is 1. The smallest absolute Gasteiger partial charge is 0.361 e. The van der Waals surface area contributed by atoms with Crippen LogP contribution in [0, 0.1) is 13.8 Å². The Morgan fingerprint density at radius 2 is 1.90 bits per heavy atom. The lowest BCUT2D eigenvalue weighted by Crippen LogP contribution is -2.09. The van der Waals surface area contributed by atoms with E-state index in [0.717, 1.165) is 15.7 Å². The molecule has 2 aromatic heterocycles. The average molecular weight is 488 g/mol. The number of carbonyl (C=O) groups is 1. The van der Waals surface area contributed by atoms with E-state index >= 15 is 0 Å². The molecule has 0 atom stereocenters. The van der Waals surface area contributed by atoms with E-state index in [9.17, 15) is 4.79 Å². The number of oxazole rings is 1. The molecule has 0 amide bonds. The van der Waals surface area contributed by atoms with Crippen molar-refractivity contribution in [1.82, 2.24) is 20.0 Å². The number of benzene rings is 2. The van der Waals surface area contributed by atoms with E-state index in [-0.39, 0.29) is 12.3 Å². The van der Waals surface area contributed by atoms with E-state index in [4.69, 9.17) is 20.8 Å². The number of hydrogen-bond donors (Lipinski definition) is 0. The van der Waals surface area contributed by atoms with Crippen LogP contribution in [0.5, 0.6) is 0 Å². The summed E-state index contributed by atoms with van der Waals surface area (Å²) in [4.78, 5) is 17.0. The number of carbonyl (C=O) groups excluding carboxylic acids is 1. The highest BCUT2D eigenvalue weighted by Crippen LogP contribution is 2.25. The van der Waals surface area contributed by atoms with E-state index in [0.29, 0.717) is 28.1 Å². The number of aromatic nitrogens is 4. The Labute approximate surface area is 185 Å². The third-order valence-corrected chi connectivity index (χ3v) is 5.41. The van der Waals surface area contributed by atoms with Crippen molar-refractivity contribution in [3.05, 3.63) is 80.9 Å². The van der Waals surface area contributed by atoms with Crippen LogP contribution in [0.15, 0.2) is 57.4 Å². The van der Waals surface area contributed by atoms with Gasteiger partial charge in [0.05, 0.1) is 11.4 Å². The number of aryl methyl sites for hydroxylation is 1. The number of ether oxygens (including phenoxy) is 1. The van der Waals surface area contributed by atoms with Crippen LogP contribution in [0.4, 0.5) is 0 Å². The minimum absolute atomic E-state index is 0.0386. The number of halogens is 2. The fraction of sp³-hybridized carbons (Fsp3) is 0.143. The maximum atomic E-state index is 12.6. The molecule has 0 radical (unpaired) electrons. The SMILES string of the molecule is Cc1oc(-c2ccc(Cl)cc2)nc1COC(=O)c1nnn(-c2ccccc2Br)c1C. The summed E-state index contributed by atoms with van der Waals surface area (Å²) in [7, 11) is 0. The molecule has 4 aromatic rings. The molecular weight excluding hydrogens is 472 g/mol. The molecule has 0 unspecified atom stereocenters. The minimum Gasteiger partial charge on any atom is -0.454 e. The van der Waals surface area contributed by atoms with Crippen LogP contribution in [-0.2, 0) is 11.3 Å². The fourth-order valence-corrected chi connectivity index (χ4v) is 3.43. The third kappa shape index (κ3) is 4.01. The number of hydrogen-bond acceptors (Lipinski definition) is 6. The summed E-state index contributed by atoms with van der Waals surface area (Å²) in [5, 5.41) is 8.70. The molecule has 0 saturated carbocycles. The highest BCUT2D eigenvalue weighted by Gasteiger charge is 2.21. The van der Waals surface area contributed by atoms with Gasteiger partial charge < -0.3 is 9.15 Å². The molecule has 0 aliphatic rings. The zero-order valence-electron chi connectivity index (χ0n) is 16.1. The molecule has 0 bridgehead atoms. The molecular formula is C21H16BrClN4O3. The molecule has 30 heavy (non-hydrogen) atoms. The van der Waals surface area contributed by atoms with Crippen molar-refractivity contribution in [2.75, 3.05) is 0 Å². The molecule has 4 rings (SSSR count). The Morgan fingerprint density at radius 3 is 2.63 bits per heavy atom. The van der Waals surface area contributed by atoms with Crippen LogP contribution < -0.4 is 0 Å². The first-order valence-corrected chi connectivity index (χ1v) is 10.2. The van der Waals surface area contributed by atoms with Crippen molar-refractivity contribution in [2.24, 2.45) is 0 Å². The van der Waals surface area contributed by atoms with Gasteiger partial charge in [0, 0.05) is 15.1 Å². The van der Waals surface area contributed by atoms with Gasteiger partial charge in [0.1, 0.15) is 18.1 Å². The summed E-state index contributed by atoms with van der Waals surface area (Å²) in [6, 6.07) is 14.7. The van der Waals surface area contributed by atoms with Crippen molar-refractivity contribution < 1.29 is 13.9 Å². The molecule has 0 aliphatic heterocycles. The topological polar surface area (TPSA) is 83.0 Å². The van der Waals surface area contributed by atoms with E-state index in [1.807, 2.05) is 36.4 Å². The molecule has 0 N–H and O–H groups in total. The van der Waals surface area contributed by atoms with Gasteiger partial charge in [0.25, 0.3) is 0 Å². The van der Waals surface area contributed by atoms with Gasteiger partial charge in [-0.25, -0.2) is 14.5 Å². The van der Waals surface area contributed by atoms with E-state index in [1.54, 1.807) is 30.7 Å². The van der Waals surface area contributed by atoms with Gasteiger partial charge in [-0.1, -0.05) is 28.9 Å². The maximum absolute atomic E-state index is 12.6. The summed E-state index contributed by atoms with van der Waals surface area (Å²) in [5.41, 5.74) is 2.81. The Kier molecular flexibility index (Phi) is 5.69. The molecule has 9 heteroatoms. The van der Waals surface area contributed by atoms with Gasteiger partial charge in [-0.3, -0.25) is 0 Å². The predicted molar refractivity (Wildman–Crippen MR) is 115 cm³/mol. The van der Waals surface area contributed by atoms with Gasteiger partial charge in [0.15, 0.2) is 5.69 Å². The zero-order valence-corrected chi connectivity index (χ0v) is 18.4. The summed E-state index contributed by atoms with van der Waals surface area (Å²) in [6.07, 6.45) is 0. The summed E-state index contributed by atoms with van der Waals surface area (Å²) in [5.74, 6) is 0.425. The highest BCUT2D eigenvalue weighted by molar-refractivity contribution is 9.10. The van der Waals surface area contributed by atoms with Crippen LogP contribution in [0.3, 0.4) is 0 Å². The fourth-order valence-electron chi connectivity index (χ4n) is 2.85. The van der Waals surface area contributed by atoms with Crippen molar-refractivity contribution in [3.63, 3.8) is 0 Å². The Bertz CT molecular complexity index is 1220. The lowest BCUT2D eigenvalue weighted by Gasteiger charge is -2.06.